The number of nitrogens with zero attached hydrogens (tertiary/aromatic N) is 1. The number of esters is 1. The van der Waals surface area contributed by atoms with Crippen molar-refractivity contribution in [2.24, 2.45) is 0 Å². The summed E-state index contributed by atoms with van der Waals surface area (Å²) in [6, 6.07) is 10.8. The molecule has 0 aliphatic rings. The zero-order valence-corrected chi connectivity index (χ0v) is 15.8. The zero-order valence-electron chi connectivity index (χ0n) is 14.9. The first-order valence-corrected chi connectivity index (χ1v) is 9.56. The number of benzene rings is 1. The Kier molecular flexibility index (Phi) is 6.08. The highest BCUT2D eigenvalue weighted by Gasteiger charge is 2.19. The van der Waals surface area contributed by atoms with Gasteiger partial charge in [-0.15, -0.1) is 11.3 Å². The van der Waals surface area contributed by atoms with E-state index in [1.54, 1.807) is 4.57 Å². The summed E-state index contributed by atoms with van der Waals surface area (Å²) in [6.07, 6.45) is 0.602. The molecule has 2 N–H and O–H groups in total. The van der Waals surface area contributed by atoms with Crippen molar-refractivity contribution in [1.29, 1.82) is 0 Å². The lowest BCUT2D eigenvalue weighted by molar-refractivity contribution is -0.144. The van der Waals surface area contributed by atoms with E-state index in [1.165, 1.54) is 18.3 Å². The maximum absolute atomic E-state index is 12.1. The minimum Gasteiger partial charge on any atom is -0.466 e. The number of amides is 1. The fraction of sp³-hybridized carbons (Fsp3) is 0.316. The van der Waals surface area contributed by atoms with Gasteiger partial charge in [0, 0.05) is 18.3 Å². The lowest BCUT2D eigenvalue weighted by Crippen LogP contribution is -2.28. The van der Waals surface area contributed by atoms with Gasteiger partial charge in [-0.05, 0) is 30.0 Å². The summed E-state index contributed by atoms with van der Waals surface area (Å²) in [4.78, 5) is 39.2. The first-order valence-electron chi connectivity index (χ1n) is 8.68. The van der Waals surface area contributed by atoms with Crippen LogP contribution in [0.25, 0.3) is 11.0 Å². The third-order valence-electron chi connectivity index (χ3n) is 4.11. The highest BCUT2D eigenvalue weighted by Crippen LogP contribution is 2.22. The van der Waals surface area contributed by atoms with Gasteiger partial charge in [0.1, 0.15) is 0 Å². The smallest absolute Gasteiger partial charge is 0.326 e. The van der Waals surface area contributed by atoms with E-state index in [0.29, 0.717) is 13.0 Å². The van der Waals surface area contributed by atoms with Crippen molar-refractivity contribution in [3.63, 3.8) is 0 Å². The van der Waals surface area contributed by atoms with Gasteiger partial charge in [0.05, 0.1) is 30.1 Å². The molecule has 142 valence electrons. The molecule has 1 unspecified atom stereocenters. The Morgan fingerprint density at radius 2 is 2.07 bits per heavy atom. The summed E-state index contributed by atoms with van der Waals surface area (Å²) in [5.41, 5.74) is 1.44. The van der Waals surface area contributed by atoms with E-state index in [0.717, 1.165) is 15.9 Å². The third kappa shape index (κ3) is 4.85. The van der Waals surface area contributed by atoms with Gasteiger partial charge in [-0.3, -0.25) is 14.2 Å². The molecule has 0 spiro atoms. The molecule has 0 aliphatic carbocycles. The molecule has 0 saturated carbocycles. The number of ether oxygens (including phenoxy) is 1. The number of hydrogen-bond acceptors (Lipinski definition) is 5. The summed E-state index contributed by atoms with van der Waals surface area (Å²) in [5.74, 6) is -0.576. The molecule has 0 fully saturated rings. The molecule has 0 radical (unpaired) electrons. The fourth-order valence-electron chi connectivity index (χ4n) is 2.92. The number of thiophene rings is 1. The Morgan fingerprint density at radius 1 is 1.26 bits per heavy atom. The van der Waals surface area contributed by atoms with Crippen molar-refractivity contribution in [2.75, 3.05) is 6.61 Å². The highest BCUT2D eigenvalue weighted by atomic mass is 32.1. The number of carbonyl (C=O) groups excluding carboxylic acids is 2. The summed E-state index contributed by atoms with van der Waals surface area (Å²) in [7, 11) is 0. The molecule has 7 nitrogen and oxygen atoms in total. The molecule has 1 amide bonds. The van der Waals surface area contributed by atoms with Crippen LogP contribution in [0.2, 0.25) is 0 Å². The molecule has 0 saturated heterocycles. The van der Waals surface area contributed by atoms with Crippen LogP contribution in [0.5, 0.6) is 0 Å². The number of para-hydroxylation sites is 2. The van der Waals surface area contributed by atoms with Crippen LogP contribution in [0, 0.1) is 0 Å². The van der Waals surface area contributed by atoms with Crippen LogP contribution in [0.15, 0.2) is 46.6 Å². The van der Waals surface area contributed by atoms with Gasteiger partial charge in [-0.2, -0.15) is 0 Å². The molecule has 2 aromatic heterocycles. The van der Waals surface area contributed by atoms with E-state index in [2.05, 4.69) is 10.3 Å². The van der Waals surface area contributed by atoms with Crippen molar-refractivity contribution < 1.29 is 14.3 Å². The molecular formula is C19H21N3O4S. The number of nitrogens with one attached hydrogen (secondary N) is 2. The van der Waals surface area contributed by atoms with Crippen LogP contribution < -0.4 is 11.0 Å². The summed E-state index contributed by atoms with van der Waals surface area (Å²) >= 11 is 1.48. The second kappa shape index (κ2) is 8.68. The van der Waals surface area contributed by atoms with Crippen LogP contribution >= 0.6 is 11.3 Å². The zero-order chi connectivity index (χ0) is 19.2. The summed E-state index contributed by atoms with van der Waals surface area (Å²) in [6.45, 7) is 2.09. The maximum Gasteiger partial charge on any atom is 0.326 e. The van der Waals surface area contributed by atoms with Crippen molar-refractivity contribution in [3.05, 3.63) is 57.1 Å². The largest absolute Gasteiger partial charge is 0.466 e. The number of aryl methyl sites for hydroxylation is 1. The number of aromatic amines is 1. The van der Waals surface area contributed by atoms with Crippen LogP contribution in [0.3, 0.4) is 0 Å². The Labute approximate surface area is 160 Å². The Balaban J connectivity index is 1.51. The number of rotatable bonds is 8. The van der Waals surface area contributed by atoms with E-state index in [9.17, 15) is 14.4 Å². The third-order valence-corrected chi connectivity index (χ3v) is 5.09. The first kappa shape index (κ1) is 18.9. The quantitative estimate of drug-likeness (QED) is 0.459. The number of hydrogen-bond donors (Lipinski definition) is 2. The summed E-state index contributed by atoms with van der Waals surface area (Å²) < 4.78 is 6.93. The standard InChI is InChI=1S/C19H21N3O4S/c1-13(23)20-15(17-8-4-11-27-17)12-18(24)26-10-5-9-22-16-7-3-2-6-14(16)21-19(22)25/h2-4,6-8,11,15H,5,9-10,12H2,1H3,(H,20,23)(H,21,25). The molecule has 0 bridgehead atoms. The average molecular weight is 387 g/mol. The lowest BCUT2D eigenvalue weighted by Gasteiger charge is -2.15. The van der Waals surface area contributed by atoms with E-state index in [-0.39, 0.29) is 36.6 Å². The van der Waals surface area contributed by atoms with E-state index < -0.39 is 0 Å². The SMILES string of the molecule is CC(=O)NC(CC(=O)OCCCn1c(=O)[nH]c2ccccc21)c1cccs1. The normalized spacial score (nSPS) is 12.0. The predicted octanol–water partition coefficient (Wildman–Crippen LogP) is 2.59. The van der Waals surface area contributed by atoms with E-state index >= 15 is 0 Å². The van der Waals surface area contributed by atoms with E-state index in [1.807, 2.05) is 41.8 Å². The second-order valence-corrected chi connectivity index (χ2v) is 7.12. The molecule has 1 atom stereocenters. The topological polar surface area (TPSA) is 93.2 Å². The fourth-order valence-corrected chi connectivity index (χ4v) is 3.70. The van der Waals surface area contributed by atoms with Gasteiger partial charge in [-0.1, -0.05) is 18.2 Å². The first-order chi connectivity index (χ1) is 13.0. The highest BCUT2D eigenvalue weighted by molar-refractivity contribution is 7.10. The van der Waals surface area contributed by atoms with E-state index in [4.69, 9.17) is 4.74 Å². The predicted molar refractivity (Wildman–Crippen MR) is 104 cm³/mol. The van der Waals surface area contributed by atoms with Gasteiger partial charge in [0.25, 0.3) is 0 Å². The molecule has 1 aromatic carbocycles. The second-order valence-electron chi connectivity index (χ2n) is 6.15. The van der Waals surface area contributed by atoms with Crippen molar-refractivity contribution >= 4 is 34.2 Å². The van der Waals surface area contributed by atoms with Crippen LogP contribution in [0.4, 0.5) is 0 Å². The molecule has 27 heavy (non-hydrogen) atoms. The Hall–Kier alpha value is -2.87. The number of H-pyrrole nitrogens is 1. The van der Waals surface area contributed by atoms with Gasteiger partial charge < -0.3 is 15.0 Å². The number of fused-ring (bicyclic) bond motifs is 1. The van der Waals surface area contributed by atoms with Gasteiger partial charge in [-0.25, -0.2) is 4.79 Å². The molecule has 2 heterocycles. The molecular weight excluding hydrogens is 366 g/mol. The minimum atomic E-state index is -0.383. The van der Waals surface area contributed by atoms with Crippen LogP contribution in [0.1, 0.15) is 30.7 Å². The van der Waals surface area contributed by atoms with Crippen LogP contribution in [-0.4, -0.2) is 28.0 Å². The average Bonchev–Trinajstić information content (AvgIpc) is 3.26. The van der Waals surface area contributed by atoms with Crippen molar-refractivity contribution in [1.82, 2.24) is 14.9 Å². The van der Waals surface area contributed by atoms with Gasteiger partial charge in [0.2, 0.25) is 5.91 Å². The lowest BCUT2D eigenvalue weighted by atomic mass is 10.1. The minimum absolute atomic E-state index is 0.0765. The molecule has 3 rings (SSSR count). The molecule has 3 aromatic rings. The van der Waals surface area contributed by atoms with Gasteiger partial charge in [0.15, 0.2) is 0 Å². The van der Waals surface area contributed by atoms with Crippen molar-refractivity contribution in [2.45, 2.75) is 32.4 Å². The number of aromatic nitrogens is 2. The van der Waals surface area contributed by atoms with Crippen molar-refractivity contribution in [3.8, 4) is 0 Å². The number of imidazole rings is 1. The van der Waals surface area contributed by atoms with Crippen LogP contribution in [-0.2, 0) is 20.9 Å². The summed E-state index contributed by atoms with van der Waals surface area (Å²) in [5, 5.41) is 4.67. The monoisotopic (exact) mass is 387 g/mol. The Bertz CT molecular complexity index is 974. The molecule has 0 aliphatic heterocycles. The van der Waals surface area contributed by atoms with Gasteiger partial charge >= 0.3 is 11.7 Å². The number of carbonyl (C=O) groups is 2. The molecule has 8 heteroatoms. The Morgan fingerprint density at radius 3 is 2.81 bits per heavy atom. The maximum atomic E-state index is 12.1.